The van der Waals surface area contributed by atoms with Crippen LogP contribution in [0.5, 0.6) is 11.5 Å². The van der Waals surface area contributed by atoms with Gasteiger partial charge in [-0.2, -0.15) is 0 Å². The molecule has 1 N–H and O–H groups in total. The molecule has 0 saturated carbocycles. The number of aromatic hydroxyl groups is 1. The predicted molar refractivity (Wildman–Crippen MR) is 98.1 cm³/mol. The van der Waals surface area contributed by atoms with Crippen LogP contribution in [0.15, 0.2) is 57.9 Å². The Kier molecular flexibility index (Phi) is 4.32. The van der Waals surface area contributed by atoms with Crippen LogP contribution in [0.1, 0.15) is 34.9 Å². The number of aromatic nitrogens is 1. The number of fused-ring (bicyclic) bond motifs is 1. The Balaban J connectivity index is 1.72. The van der Waals surface area contributed by atoms with Gasteiger partial charge >= 0.3 is 5.97 Å². The van der Waals surface area contributed by atoms with Gasteiger partial charge in [-0.25, -0.2) is 0 Å². The van der Waals surface area contributed by atoms with Gasteiger partial charge in [-0.05, 0) is 43.2 Å². The summed E-state index contributed by atoms with van der Waals surface area (Å²) in [6.45, 7) is 2.31. The van der Waals surface area contributed by atoms with E-state index in [1.807, 2.05) is 19.1 Å². The van der Waals surface area contributed by atoms with E-state index in [0.717, 1.165) is 11.3 Å². The normalized spacial score (nSPS) is 16.0. The van der Waals surface area contributed by atoms with E-state index in [1.54, 1.807) is 34.9 Å². The molecule has 0 spiro atoms. The zero-order valence-corrected chi connectivity index (χ0v) is 14.8. The third-order valence-corrected chi connectivity index (χ3v) is 4.90. The van der Waals surface area contributed by atoms with Crippen LogP contribution in [0.2, 0.25) is 0 Å². The smallest absolute Gasteiger partial charge is 0.312 e. The fourth-order valence-corrected chi connectivity index (χ4v) is 3.51. The van der Waals surface area contributed by atoms with Crippen molar-refractivity contribution in [2.24, 2.45) is 0 Å². The molecule has 3 heterocycles. The first-order chi connectivity index (χ1) is 13.0. The van der Waals surface area contributed by atoms with Crippen LogP contribution < -0.4 is 10.3 Å². The van der Waals surface area contributed by atoms with Gasteiger partial charge in [-0.3, -0.25) is 9.59 Å². The van der Waals surface area contributed by atoms with Gasteiger partial charge in [0.2, 0.25) is 0 Å². The van der Waals surface area contributed by atoms with Gasteiger partial charge in [-0.15, -0.1) is 0 Å². The Morgan fingerprint density at radius 1 is 1.19 bits per heavy atom. The van der Waals surface area contributed by atoms with Crippen molar-refractivity contribution in [3.63, 3.8) is 0 Å². The maximum absolute atomic E-state index is 13.2. The van der Waals surface area contributed by atoms with Gasteiger partial charge in [0.1, 0.15) is 17.3 Å². The summed E-state index contributed by atoms with van der Waals surface area (Å²) in [5, 5.41) is 9.40. The molecule has 1 aliphatic rings. The standard InChI is InChI=1S/C21H19NO5/c1-13-11-18-20(16(12-19(24)27-18)17-3-2-10-26-17)21(25)22(13)9-8-14-4-6-15(23)7-5-14/h2-7,10-11,16,23H,8-9,12H2,1H3/t16-/m0/s1. The molecule has 6 nitrogen and oxygen atoms in total. The highest BCUT2D eigenvalue weighted by atomic mass is 16.5. The number of carbonyl (C=O) groups is 1. The van der Waals surface area contributed by atoms with Crippen molar-refractivity contribution in [3.8, 4) is 11.5 Å². The molecule has 0 fully saturated rings. The Labute approximate surface area is 155 Å². The van der Waals surface area contributed by atoms with E-state index in [4.69, 9.17) is 9.15 Å². The van der Waals surface area contributed by atoms with E-state index >= 15 is 0 Å². The second-order valence-corrected chi connectivity index (χ2v) is 6.68. The van der Waals surface area contributed by atoms with Crippen molar-refractivity contribution in [1.82, 2.24) is 4.57 Å². The number of hydrogen-bond donors (Lipinski definition) is 1. The van der Waals surface area contributed by atoms with E-state index in [-0.39, 0.29) is 23.7 Å². The topological polar surface area (TPSA) is 81.7 Å². The molecule has 0 aliphatic carbocycles. The third-order valence-electron chi connectivity index (χ3n) is 4.90. The maximum Gasteiger partial charge on any atom is 0.312 e. The minimum absolute atomic E-state index is 0.0801. The van der Waals surface area contributed by atoms with Crippen LogP contribution in [0, 0.1) is 6.92 Å². The minimum atomic E-state index is -0.440. The molecule has 27 heavy (non-hydrogen) atoms. The summed E-state index contributed by atoms with van der Waals surface area (Å²) in [7, 11) is 0. The first kappa shape index (κ1) is 17.1. The van der Waals surface area contributed by atoms with Crippen LogP contribution in [-0.4, -0.2) is 15.6 Å². The lowest BCUT2D eigenvalue weighted by molar-refractivity contribution is -0.135. The highest BCUT2D eigenvalue weighted by molar-refractivity contribution is 5.77. The number of phenolic OH excluding ortho intramolecular Hbond substituents is 1. The van der Waals surface area contributed by atoms with Crippen molar-refractivity contribution in [2.45, 2.75) is 32.2 Å². The van der Waals surface area contributed by atoms with Crippen molar-refractivity contribution in [1.29, 1.82) is 0 Å². The summed E-state index contributed by atoms with van der Waals surface area (Å²) in [6.07, 6.45) is 2.26. The molecule has 0 bridgehead atoms. The number of benzene rings is 1. The summed E-state index contributed by atoms with van der Waals surface area (Å²) in [4.78, 5) is 25.2. The molecule has 0 amide bonds. The summed E-state index contributed by atoms with van der Waals surface area (Å²) in [5.74, 6) is 0.299. The SMILES string of the molecule is Cc1cc2c(c(=O)n1CCc1ccc(O)cc1)[C@H](c1ccco1)CC(=O)O2. The average molecular weight is 365 g/mol. The van der Waals surface area contributed by atoms with Gasteiger partial charge in [-0.1, -0.05) is 12.1 Å². The molecule has 2 aromatic heterocycles. The number of phenols is 1. The van der Waals surface area contributed by atoms with Gasteiger partial charge in [0.25, 0.3) is 5.56 Å². The highest BCUT2D eigenvalue weighted by Gasteiger charge is 2.34. The van der Waals surface area contributed by atoms with E-state index in [0.29, 0.717) is 30.0 Å². The van der Waals surface area contributed by atoms with Crippen LogP contribution in [-0.2, 0) is 17.8 Å². The molecule has 0 saturated heterocycles. The highest BCUT2D eigenvalue weighted by Crippen LogP contribution is 2.37. The molecule has 3 aromatic rings. The summed E-state index contributed by atoms with van der Waals surface area (Å²) < 4.78 is 12.5. The van der Waals surface area contributed by atoms with Crippen molar-refractivity contribution in [3.05, 3.63) is 81.7 Å². The summed E-state index contributed by atoms with van der Waals surface area (Å²) in [6, 6.07) is 12.2. The van der Waals surface area contributed by atoms with Gasteiger partial charge < -0.3 is 18.8 Å². The minimum Gasteiger partial charge on any atom is -0.508 e. The summed E-state index contributed by atoms with van der Waals surface area (Å²) in [5.41, 5.74) is 2.04. The lowest BCUT2D eigenvalue weighted by atomic mass is 9.91. The molecule has 0 unspecified atom stereocenters. The quantitative estimate of drug-likeness (QED) is 0.719. The number of rotatable bonds is 4. The number of carbonyl (C=O) groups excluding carboxylic acids is 1. The van der Waals surface area contributed by atoms with Crippen molar-refractivity contribution in [2.75, 3.05) is 0 Å². The number of aryl methyl sites for hydroxylation is 2. The number of nitrogens with zero attached hydrogens (tertiary/aromatic N) is 1. The van der Waals surface area contributed by atoms with E-state index in [9.17, 15) is 14.7 Å². The summed E-state index contributed by atoms with van der Waals surface area (Å²) >= 11 is 0. The molecule has 1 aromatic carbocycles. The lowest BCUT2D eigenvalue weighted by Crippen LogP contribution is -2.33. The monoisotopic (exact) mass is 365 g/mol. The van der Waals surface area contributed by atoms with E-state index < -0.39 is 5.92 Å². The Bertz CT molecular complexity index is 1030. The number of pyridine rings is 1. The van der Waals surface area contributed by atoms with Gasteiger partial charge in [0.15, 0.2) is 0 Å². The van der Waals surface area contributed by atoms with Gasteiger partial charge in [0.05, 0.1) is 24.2 Å². The van der Waals surface area contributed by atoms with Crippen LogP contribution in [0.25, 0.3) is 0 Å². The molecule has 1 atom stereocenters. The number of furan rings is 1. The van der Waals surface area contributed by atoms with Gasteiger partial charge in [0, 0.05) is 18.3 Å². The largest absolute Gasteiger partial charge is 0.508 e. The zero-order valence-electron chi connectivity index (χ0n) is 14.8. The van der Waals surface area contributed by atoms with Crippen LogP contribution in [0.3, 0.4) is 0 Å². The second kappa shape index (κ2) is 6.79. The molecular weight excluding hydrogens is 346 g/mol. The molecule has 4 rings (SSSR count). The average Bonchev–Trinajstić information content (AvgIpc) is 3.16. The lowest BCUT2D eigenvalue weighted by Gasteiger charge is -2.24. The van der Waals surface area contributed by atoms with Crippen molar-refractivity contribution < 1.29 is 19.1 Å². The Hall–Kier alpha value is -3.28. The molecule has 0 radical (unpaired) electrons. The van der Waals surface area contributed by atoms with Crippen LogP contribution >= 0.6 is 0 Å². The van der Waals surface area contributed by atoms with Crippen molar-refractivity contribution >= 4 is 5.97 Å². The molecular formula is C21H19NO5. The third kappa shape index (κ3) is 3.26. The van der Waals surface area contributed by atoms with E-state index in [2.05, 4.69) is 0 Å². The van der Waals surface area contributed by atoms with Crippen LogP contribution in [0.4, 0.5) is 0 Å². The molecule has 138 valence electrons. The molecule has 1 aliphatic heterocycles. The number of hydrogen-bond acceptors (Lipinski definition) is 5. The second-order valence-electron chi connectivity index (χ2n) is 6.68. The first-order valence-electron chi connectivity index (χ1n) is 8.79. The van der Waals surface area contributed by atoms with E-state index in [1.165, 1.54) is 6.26 Å². The zero-order chi connectivity index (χ0) is 19.0. The predicted octanol–water partition coefficient (Wildman–Crippen LogP) is 3.14. The molecule has 6 heteroatoms. The maximum atomic E-state index is 13.2. The Morgan fingerprint density at radius 3 is 2.67 bits per heavy atom. The number of ether oxygens (including phenoxy) is 1. The Morgan fingerprint density at radius 2 is 1.96 bits per heavy atom. The number of esters is 1. The fraction of sp³-hybridized carbons (Fsp3) is 0.238. The fourth-order valence-electron chi connectivity index (χ4n) is 3.51. The first-order valence-corrected chi connectivity index (χ1v) is 8.79.